The van der Waals surface area contributed by atoms with Gasteiger partial charge in [0, 0.05) is 4.90 Å². The molecule has 0 aliphatic carbocycles. The molecule has 0 radical (unpaired) electrons. The quantitative estimate of drug-likeness (QED) is 0.558. The van der Waals surface area contributed by atoms with E-state index in [4.69, 9.17) is 6.42 Å². The fraction of sp³-hybridized carbons (Fsp3) is 0.182. The first-order valence-electron chi connectivity index (χ1n) is 4.06. The van der Waals surface area contributed by atoms with Crippen LogP contribution in [0.4, 0.5) is 4.39 Å². The summed E-state index contributed by atoms with van der Waals surface area (Å²) in [5, 5.41) is 0. The molecular formula is C11H9FOS. The van der Waals surface area contributed by atoms with Crippen LogP contribution in [0.1, 0.15) is 6.42 Å². The highest BCUT2D eigenvalue weighted by Crippen LogP contribution is 2.21. The zero-order valence-corrected chi connectivity index (χ0v) is 8.31. The number of Topliss-reactive ketones (excluding diaryl/α,β-unsaturated/α-hetero) is 1. The van der Waals surface area contributed by atoms with Crippen molar-refractivity contribution in [3.63, 3.8) is 0 Å². The van der Waals surface area contributed by atoms with Gasteiger partial charge in [0.05, 0.1) is 12.2 Å². The molecule has 1 aromatic carbocycles. The number of benzene rings is 1. The molecule has 0 atom stereocenters. The van der Waals surface area contributed by atoms with E-state index in [2.05, 4.69) is 5.92 Å². The molecule has 0 amide bonds. The maximum atomic E-state index is 13.1. The van der Waals surface area contributed by atoms with E-state index in [0.717, 1.165) is 0 Å². The van der Waals surface area contributed by atoms with Crippen molar-refractivity contribution in [3.05, 3.63) is 30.1 Å². The third-order valence-corrected chi connectivity index (χ3v) is 2.63. The average molecular weight is 208 g/mol. The van der Waals surface area contributed by atoms with Crippen LogP contribution in [-0.2, 0) is 4.79 Å². The van der Waals surface area contributed by atoms with Crippen molar-refractivity contribution in [1.29, 1.82) is 0 Å². The van der Waals surface area contributed by atoms with Gasteiger partial charge in [-0.25, -0.2) is 4.39 Å². The Labute approximate surface area is 86.7 Å². The summed E-state index contributed by atoms with van der Waals surface area (Å²) >= 11 is 1.17. The molecule has 0 saturated heterocycles. The Kier molecular flexibility index (Phi) is 4.21. The van der Waals surface area contributed by atoms with Crippen molar-refractivity contribution in [2.45, 2.75) is 11.3 Å². The summed E-state index contributed by atoms with van der Waals surface area (Å²) in [6.07, 6.45) is 5.09. The first kappa shape index (κ1) is 10.8. The Hall–Kier alpha value is -1.27. The minimum absolute atomic E-state index is 0.0549. The van der Waals surface area contributed by atoms with Gasteiger partial charge >= 0.3 is 0 Å². The number of carbonyl (C=O) groups excluding carboxylic acids is 1. The topological polar surface area (TPSA) is 17.1 Å². The Balaban J connectivity index is 2.51. The van der Waals surface area contributed by atoms with Crippen LogP contribution in [0.25, 0.3) is 0 Å². The molecule has 0 saturated carbocycles. The van der Waals surface area contributed by atoms with Crippen molar-refractivity contribution in [1.82, 2.24) is 0 Å². The summed E-state index contributed by atoms with van der Waals surface area (Å²) in [6, 6.07) is 6.36. The summed E-state index contributed by atoms with van der Waals surface area (Å²) in [5.74, 6) is 2.13. The molecule has 1 nitrogen and oxygen atoms in total. The van der Waals surface area contributed by atoms with Gasteiger partial charge in [-0.05, 0) is 12.1 Å². The predicted molar refractivity (Wildman–Crippen MR) is 55.6 cm³/mol. The highest BCUT2D eigenvalue weighted by atomic mass is 32.2. The van der Waals surface area contributed by atoms with E-state index in [1.54, 1.807) is 18.2 Å². The monoisotopic (exact) mass is 208 g/mol. The maximum Gasteiger partial charge on any atom is 0.154 e. The van der Waals surface area contributed by atoms with E-state index >= 15 is 0 Å². The minimum atomic E-state index is -0.300. The smallest absolute Gasteiger partial charge is 0.154 e. The zero-order valence-electron chi connectivity index (χ0n) is 7.50. The third-order valence-electron chi connectivity index (χ3n) is 1.52. The van der Waals surface area contributed by atoms with Crippen molar-refractivity contribution in [2.24, 2.45) is 0 Å². The molecule has 1 aromatic rings. The SMILES string of the molecule is C#CCC(=O)CSc1ccccc1F. The Bertz CT molecular complexity index is 368. The number of hydrogen-bond acceptors (Lipinski definition) is 2. The summed E-state index contributed by atoms with van der Waals surface area (Å²) < 4.78 is 13.1. The van der Waals surface area contributed by atoms with Gasteiger partial charge in [-0.3, -0.25) is 4.79 Å². The van der Waals surface area contributed by atoms with Crippen LogP contribution in [-0.4, -0.2) is 11.5 Å². The van der Waals surface area contributed by atoms with E-state index in [1.807, 2.05) is 0 Å². The highest BCUT2D eigenvalue weighted by Gasteiger charge is 2.04. The van der Waals surface area contributed by atoms with Crippen LogP contribution in [0.2, 0.25) is 0 Å². The van der Waals surface area contributed by atoms with Crippen molar-refractivity contribution in [2.75, 3.05) is 5.75 Å². The molecule has 0 aromatic heterocycles. The van der Waals surface area contributed by atoms with Crippen LogP contribution < -0.4 is 0 Å². The lowest BCUT2D eigenvalue weighted by Crippen LogP contribution is -1.99. The van der Waals surface area contributed by atoms with Crippen LogP contribution in [0.15, 0.2) is 29.2 Å². The first-order valence-corrected chi connectivity index (χ1v) is 5.05. The van der Waals surface area contributed by atoms with Gasteiger partial charge in [0.2, 0.25) is 0 Å². The predicted octanol–water partition coefficient (Wildman–Crippen LogP) is 2.51. The molecule has 0 aliphatic rings. The second-order valence-electron chi connectivity index (χ2n) is 2.64. The molecule has 0 bridgehead atoms. The molecular weight excluding hydrogens is 199 g/mol. The number of hydrogen-bond donors (Lipinski definition) is 0. The Morgan fingerprint density at radius 3 is 2.86 bits per heavy atom. The van der Waals surface area contributed by atoms with Crippen LogP contribution in [0.3, 0.4) is 0 Å². The van der Waals surface area contributed by atoms with Crippen LogP contribution in [0, 0.1) is 18.2 Å². The zero-order chi connectivity index (χ0) is 10.4. The van der Waals surface area contributed by atoms with Crippen molar-refractivity contribution in [3.8, 4) is 12.3 Å². The van der Waals surface area contributed by atoms with Crippen molar-refractivity contribution >= 4 is 17.5 Å². The molecule has 0 fully saturated rings. The first-order chi connectivity index (χ1) is 6.74. The van der Waals surface area contributed by atoms with Crippen LogP contribution >= 0.6 is 11.8 Å². The van der Waals surface area contributed by atoms with Crippen molar-refractivity contribution < 1.29 is 9.18 Å². The normalized spacial score (nSPS) is 9.43. The number of terminal acetylenes is 1. The summed E-state index contributed by atoms with van der Waals surface area (Å²) in [5.41, 5.74) is 0. The van der Waals surface area contributed by atoms with Gasteiger partial charge < -0.3 is 0 Å². The second-order valence-corrected chi connectivity index (χ2v) is 3.66. The van der Waals surface area contributed by atoms with E-state index in [0.29, 0.717) is 4.90 Å². The molecule has 0 N–H and O–H groups in total. The highest BCUT2D eigenvalue weighted by molar-refractivity contribution is 8.00. The number of rotatable bonds is 4. The minimum Gasteiger partial charge on any atom is -0.298 e. The van der Waals surface area contributed by atoms with E-state index in [9.17, 15) is 9.18 Å². The molecule has 3 heteroatoms. The average Bonchev–Trinajstić information content (AvgIpc) is 2.17. The fourth-order valence-electron chi connectivity index (χ4n) is 0.885. The number of halogens is 1. The Morgan fingerprint density at radius 2 is 2.21 bits per heavy atom. The molecule has 0 unspecified atom stereocenters. The van der Waals surface area contributed by atoms with Gasteiger partial charge in [0.15, 0.2) is 5.78 Å². The van der Waals surface area contributed by atoms with E-state index in [-0.39, 0.29) is 23.8 Å². The summed E-state index contributed by atoms with van der Waals surface area (Å²) in [7, 11) is 0. The van der Waals surface area contributed by atoms with Gasteiger partial charge in [-0.2, -0.15) is 0 Å². The molecule has 14 heavy (non-hydrogen) atoms. The van der Waals surface area contributed by atoms with E-state index < -0.39 is 0 Å². The lowest BCUT2D eigenvalue weighted by Gasteiger charge is -2.00. The fourth-order valence-corrected chi connectivity index (χ4v) is 1.68. The van der Waals surface area contributed by atoms with Gasteiger partial charge in [-0.15, -0.1) is 18.2 Å². The largest absolute Gasteiger partial charge is 0.298 e. The molecule has 0 spiro atoms. The molecule has 72 valence electrons. The third kappa shape index (κ3) is 3.23. The molecule has 0 heterocycles. The summed E-state index contributed by atoms with van der Waals surface area (Å²) in [4.78, 5) is 11.5. The second kappa shape index (κ2) is 5.46. The van der Waals surface area contributed by atoms with Gasteiger partial charge in [0.25, 0.3) is 0 Å². The van der Waals surface area contributed by atoms with Crippen LogP contribution in [0.5, 0.6) is 0 Å². The van der Waals surface area contributed by atoms with Gasteiger partial charge in [0.1, 0.15) is 5.82 Å². The Morgan fingerprint density at radius 1 is 1.50 bits per heavy atom. The van der Waals surface area contributed by atoms with E-state index in [1.165, 1.54) is 17.8 Å². The molecule has 0 aliphatic heterocycles. The number of thioether (sulfide) groups is 1. The lowest BCUT2D eigenvalue weighted by atomic mass is 10.3. The maximum absolute atomic E-state index is 13.1. The van der Waals surface area contributed by atoms with Gasteiger partial charge in [-0.1, -0.05) is 18.1 Å². The number of carbonyl (C=O) groups is 1. The number of ketones is 1. The summed E-state index contributed by atoms with van der Waals surface area (Å²) in [6.45, 7) is 0. The lowest BCUT2D eigenvalue weighted by molar-refractivity contribution is -0.115. The standard InChI is InChI=1S/C11H9FOS/c1-2-5-9(13)8-14-11-7-4-3-6-10(11)12/h1,3-4,6-7H,5,8H2. The molecule has 1 rings (SSSR count).